The minimum Gasteiger partial charge on any atom is -0.495 e. The highest BCUT2D eigenvalue weighted by atomic mass is 32.2. The number of methoxy groups -OCH3 is 1. The molecule has 118 valence electrons. The average molecular weight is 337 g/mol. The van der Waals surface area contributed by atoms with Crippen molar-refractivity contribution in [2.45, 2.75) is 11.3 Å². The van der Waals surface area contributed by atoms with Crippen molar-refractivity contribution in [1.29, 1.82) is 0 Å². The van der Waals surface area contributed by atoms with Gasteiger partial charge in [0.1, 0.15) is 16.5 Å². The third-order valence-corrected chi connectivity index (χ3v) is 6.59. The number of ether oxygens (including phenoxy) is 1. The Balaban J connectivity index is 2.14. The van der Waals surface area contributed by atoms with Gasteiger partial charge < -0.3 is 4.74 Å². The van der Waals surface area contributed by atoms with Gasteiger partial charge in [-0.15, -0.1) is 0 Å². The summed E-state index contributed by atoms with van der Waals surface area (Å²) in [6, 6.07) is 3.19. The van der Waals surface area contributed by atoms with E-state index in [0.717, 1.165) is 12.1 Å². The molecule has 1 fully saturated rings. The van der Waals surface area contributed by atoms with Gasteiger partial charge in [-0.3, -0.25) is 0 Å². The molecular formula is C12H16FNO5S2. The first-order valence-corrected chi connectivity index (χ1v) is 9.57. The largest absolute Gasteiger partial charge is 0.495 e. The number of rotatable bonds is 5. The average Bonchev–Trinajstić information content (AvgIpc) is 2.76. The SMILES string of the molecule is COc1ccc(F)cc1S(=O)(=O)NC[C@H]1CCS(=O)(=O)C1. The van der Waals surface area contributed by atoms with Crippen LogP contribution in [-0.2, 0) is 19.9 Å². The van der Waals surface area contributed by atoms with Gasteiger partial charge in [0.15, 0.2) is 9.84 Å². The van der Waals surface area contributed by atoms with Crippen LogP contribution in [0, 0.1) is 11.7 Å². The Morgan fingerprint density at radius 1 is 1.43 bits per heavy atom. The summed E-state index contributed by atoms with van der Waals surface area (Å²) in [5.74, 6) is -0.884. The molecule has 1 N–H and O–H groups in total. The lowest BCUT2D eigenvalue weighted by Gasteiger charge is -2.13. The quantitative estimate of drug-likeness (QED) is 0.847. The molecule has 1 aromatic rings. The predicted molar refractivity (Wildman–Crippen MR) is 74.9 cm³/mol. The first kappa shape index (κ1) is 16.2. The Bertz CT molecular complexity index is 730. The van der Waals surface area contributed by atoms with Crippen LogP contribution in [-0.4, -0.2) is 42.0 Å². The second-order valence-electron chi connectivity index (χ2n) is 4.92. The van der Waals surface area contributed by atoms with Gasteiger partial charge in [-0.25, -0.2) is 25.9 Å². The fourth-order valence-corrected chi connectivity index (χ4v) is 5.36. The van der Waals surface area contributed by atoms with Crippen LogP contribution < -0.4 is 9.46 Å². The summed E-state index contributed by atoms with van der Waals surface area (Å²) in [6.45, 7) is 0.00122. The van der Waals surface area contributed by atoms with E-state index in [9.17, 15) is 21.2 Å². The topological polar surface area (TPSA) is 89.5 Å². The Morgan fingerprint density at radius 3 is 2.71 bits per heavy atom. The minimum atomic E-state index is -3.96. The molecule has 0 radical (unpaired) electrons. The lowest BCUT2D eigenvalue weighted by molar-refractivity contribution is 0.400. The van der Waals surface area contributed by atoms with Crippen LogP contribution in [0.2, 0.25) is 0 Å². The van der Waals surface area contributed by atoms with Crippen molar-refractivity contribution in [3.05, 3.63) is 24.0 Å². The zero-order valence-corrected chi connectivity index (χ0v) is 13.0. The summed E-state index contributed by atoms with van der Waals surface area (Å²) >= 11 is 0. The zero-order valence-electron chi connectivity index (χ0n) is 11.4. The summed E-state index contributed by atoms with van der Waals surface area (Å²) in [5, 5.41) is 0. The van der Waals surface area contributed by atoms with Gasteiger partial charge in [-0.1, -0.05) is 0 Å². The lowest BCUT2D eigenvalue weighted by Crippen LogP contribution is -2.30. The highest BCUT2D eigenvalue weighted by Gasteiger charge is 2.29. The number of benzene rings is 1. The second kappa shape index (κ2) is 5.90. The monoisotopic (exact) mass is 337 g/mol. The number of sulfonamides is 1. The molecule has 1 aromatic carbocycles. The maximum atomic E-state index is 13.2. The number of nitrogens with one attached hydrogen (secondary N) is 1. The Kier molecular flexibility index (Phi) is 4.54. The van der Waals surface area contributed by atoms with Gasteiger partial charge in [0.2, 0.25) is 10.0 Å². The van der Waals surface area contributed by atoms with E-state index in [2.05, 4.69) is 4.72 Å². The first-order chi connectivity index (χ1) is 9.73. The molecule has 21 heavy (non-hydrogen) atoms. The molecule has 1 aliphatic rings. The Hall–Kier alpha value is -1.19. The summed E-state index contributed by atoms with van der Waals surface area (Å²) in [7, 11) is -5.74. The lowest BCUT2D eigenvalue weighted by atomic mass is 10.1. The molecule has 0 amide bonds. The van der Waals surface area contributed by atoms with Crippen molar-refractivity contribution >= 4 is 19.9 Å². The molecule has 0 saturated carbocycles. The highest BCUT2D eigenvalue weighted by molar-refractivity contribution is 7.91. The van der Waals surface area contributed by atoms with Crippen LogP contribution in [0.15, 0.2) is 23.1 Å². The van der Waals surface area contributed by atoms with Crippen LogP contribution >= 0.6 is 0 Å². The van der Waals surface area contributed by atoms with Crippen LogP contribution in [0.25, 0.3) is 0 Å². The fourth-order valence-electron chi connectivity index (χ4n) is 2.20. The molecule has 0 spiro atoms. The first-order valence-electron chi connectivity index (χ1n) is 6.27. The van der Waals surface area contributed by atoms with E-state index in [1.165, 1.54) is 13.2 Å². The van der Waals surface area contributed by atoms with E-state index in [0.29, 0.717) is 6.42 Å². The molecule has 0 aliphatic carbocycles. The number of sulfone groups is 1. The molecule has 9 heteroatoms. The van der Waals surface area contributed by atoms with Crippen LogP contribution in [0.1, 0.15) is 6.42 Å². The standard InChI is InChI=1S/C12H16FNO5S2/c1-19-11-3-2-10(13)6-12(11)21(17,18)14-7-9-4-5-20(15,16)8-9/h2-3,6,9,14H,4-5,7-8H2,1H3/t9-/m1/s1. The van der Waals surface area contributed by atoms with E-state index in [1.807, 2.05) is 0 Å². The van der Waals surface area contributed by atoms with Crippen molar-refractivity contribution in [2.24, 2.45) is 5.92 Å². The molecule has 1 aliphatic heterocycles. The van der Waals surface area contributed by atoms with Gasteiger partial charge >= 0.3 is 0 Å². The maximum absolute atomic E-state index is 13.2. The van der Waals surface area contributed by atoms with Crippen molar-refractivity contribution in [3.8, 4) is 5.75 Å². The van der Waals surface area contributed by atoms with E-state index in [-0.39, 0.29) is 34.6 Å². The summed E-state index contributed by atoms with van der Waals surface area (Å²) in [4.78, 5) is -0.300. The molecule has 1 saturated heterocycles. The van der Waals surface area contributed by atoms with E-state index in [1.54, 1.807) is 0 Å². The minimum absolute atomic E-state index is 0.00122. The van der Waals surface area contributed by atoms with Crippen molar-refractivity contribution in [2.75, 3.05) is 25.2 Å². The van der Waals surface area contributed by atoms with Gasteiger partial charge in [-0.05, 0) is 30.5 Å². The molecule has 6 nitrogen and oxygen atoms in total. The Morgan fingerprint density at radius 2 is 2.14 bits per heavy atom. The predicted octanol–water partition coefficient (Wildman–Crippen LogP) is 0.547. The molecule has 1 atom stereocenters. The number of hydrogen-bond donors (Lipinski definition) is 1. The summed E-state index contributed by atoms with van der Waals surface area (Å²) in [6.07, 6.45) is 0.422. The van der Waals surface area contributed by atoms with Crippen molar-refractivity contribution in [3.63, 3.8) is 0 Å². The van der Waals surface area contributed by atoms with Gasteiger partial charge in [0.05, 0.1) is 18.6 Å². The molecule has 0 bridgehead atoms. The third-order valence-electron chi connectivity index (χ3n) is 3.30. The smallest absolute Gasteiger partial charge is 0.244 e. The van der Waals surface area contributed by atoms with Crippen molar-refractivity contribution in [1.82, 2.24) is 4.72 Å². The normalized spacial score (nSPS) is 21.3. The second-order valence-corrected chi connectivity index (χ2v) is 8.88. The molecular weight excluding hydrogens is 321 g/mol. The number of halogens is 1. The highest BCUT2D eigenvalue weighted by Crippen LogP contribution is 2.25. The molecule has 0 aromatic heterocycles. The van der Waals surface area contributed by atoms with Crippen molar-refractivity contribution < 1.29 is 26.0 Å². The van der Waals surface area contributed by atoms with Gasteiger partial charge in [0.25, 0.3) is 0 Å². The zero-order chi connectivity index (χ0) is 15.7. The Labute approximate surface area is 123 Å². The number of hydrogen-bond acceptors (Lipinski definition) is 5. The molecule has 1 heterocycles. The van der Waals surface area contributed by atoms with E-state index >= 15 is 0 Å². The van der Waals surface area contributed by atoms with Crippen LogP contribution in [0.3, 0.4) is 0 Å². The molecule has 0 unspecified atom stereocenters. The van der Waals surface area contributed by atoms with Gasteiger partial charge in [-0.2, -0.15) is 0 Å². The fraction of sp³-hybridized carbons (Fsp3) is 0.500. The van der Waals surface area contributed by atoms with Crippen LogP contribution in [0.5, 0.6) is 5.75 Å². The van der Waals surface area contributed by atoms with E-state index in [4.69, 9.17) is 4.74 Å². The summed E-state index contributed by atoms with van der Waals surface area (Å²) < 4.78 is 67.5. The van der Waals surface area contributed by atoms with E-state index < -0.39 is 25.7 Å². The maximum Gasteiger partial charge on any atom is 0.244 e. The molecule has 2 rings (SSSR count). The summed E-state index contributed by atoms with van der Waals surface area (Å²) in [5.41, 5.74) is 0. The third kappa shape index (κ3) is 3.92. The van der Waals surface area contributed by atoms with Gasteiger partial charge in [0, 0.05) is 6.54 Å². The van der Waals surface area contributed by atoms with Crippen LogP contribution in [0.4, 0.5) is 4.39 Å².